The standard InChI is InChI=1S/C31H30BClFN2O7S/c1-31-15-40-32(41-16-31,42-17-31)25-10-9-22(12-26(25)33)36(44(38)39)14-20-11-27-24(13-23(20)18-3-4-18)28(30(37)35-2)29(43-27)19-5-7-21(34)8-6-19/h5-13,18,44H,3-4,14-17H2,1-2H3,(H,35,37)/q-1. The monoisotopic (exact) mass is 639 g/mol. The normalized spacial score (nSPS) is 22.9. The van der Waals surface area contributed by atoms with E-state index in [0.717, 1.165) is 24.0 Å². The van der Waals surface area contributed by atoms with Gasteiger partial charge in [-0.3, -0.25) is 9.10 Å². The van der Waals surface area contributed by atoms with Crippen LogP contribution in [0.3, 0.4) is 0 Å². The van der Waals surface area contributed by atoms with Crippen LogP contribution < -0.4 is 15.1 Å². The second-order valence-corrected chi connectivity index (χ2v) is 13.5. The van der Waals surface area contributed by atoms with Crippen LogP contribution >= 0.6 is 11.6 Å². The third-order valence-corrected chi connectivity index (χ3v) is 9.76. The van der Waals surface area contributed by atoms with Crippen molar-refractivity contribution in [2.24, 2.45) is 5.41 Å². The number of benzene rings is 3. The van der Waals surface area contributed by atoms with E-state index in [-0.39, 0.29) is 28.8 Å². The van der Waals surface area contributed by atoms with Gasteiger partial charge in [-0.25, -0.2) is 12.8 Å². The number of nitrogens with one attached hydrogen (secondary N) is 1. The van der Waals surface area contributed by atoms with Crippen molar-refractivity contribution in [2.75, 3.05) is 31.2 Å². The molecule has 0 radical (unpaired) electrons. The molecule has 8 rings (SSSR count). The summed E-state index contributed by atoms with van der Waals surface area (Å²) in [5.74, 6) is -0.204. The van der Waals surface area contributed by atoms with E-state index in [2.05, 4.69) is 5.32 Å². The zero-order valence-corrected chi connectivity index (χ0v) is 25.8. The zero-order chi connectivity index (χ0) is 30.8. The number of fused-ring (bicyclic) bond motifs is 4. The van der Waals surface area contributed by atoms with Crippen LogP contribution in [0.25, 0.3) is 22.3 Å². The van der Waals surface area contributed by atoms with Gasteiger partial charge in [0.1, 0.15) is 17.2 Å². The van der Waals surface area contributed by atoms with Crippen LogP contribution in [0.5, 0.6) is 0 Å². The highest BCUT2D eigenvalue weighted by Crippen LogP contribution is 2.45. The van der Waals surface area contributed by atoms with Crippen LogP contribution in [-0.4, -0.2) is 47.9 Å². The number of amides is 1. The van der Waals surface area contributed by atoms with E-state index in [4.69, 9.17) is 30.0 Å². The van der Waals surface area contributed by atoms with Crippen LogP contribution in [-0.2, 0) is 31.4 Å². The second-order valence-electron chi connectivity index (χ2n) is 12.1. The molecule has 0 unspecified atom stereocenters. The van der Waals surface area contributed by atoms with Gasteiger partial charge in [-0.2, -0.15) is 0 Å². The predicted octanol–water partition coefficient (Wildman–Crippen LogP) is 4.89. The topological polar surface area (TPSA) is 107 Å². The van der Waals surface area contributed by atoms with E-state index < -0.39 is 23.5 Å². The van der Waals surface area contributed by atoms with Gasteiger partial charge in [-0.15, -0.1) is 5.46 Å². The quantitative estimate of drug-likeness (QED) is 0.209. The van der Waals surface area contributed by atoms with Crippen molar-refractivity contribution in [1.82, 2.24) is 5.32 Å². The summed E-state index contributed by atoms with van der Waals surface area (Å²) in [6.07, 6.45) is 1.90. The molecule has 3 aliphatic heterocycles. The fraction of sp³-hybridized carbons (Fsp3) is 0.323. The molecule has 3 aromatic carbocycles. The van der Waals surface area contributed by atoms with Crippen molar-refractivity contribution < 1.29 is 36.0 Å². The average molecular weight is 640 g/mol. The summed E-state index contributed by atoms with van der Waals surface area (Å²) in [5, 5.41) is 3.56. The van der Waals surface area contributed by atoms with Crippen molar-refractivity contribution in [3.8, 4) is 11.3 Å². The number of carbonyl (C=O) groups is 1. The van der Waals surface area contributed by atoms with Crippen LogP contribution in [0.1, 0.15) is 47.2 Å². The van der Waals surface area contributed by atoms with E-state index in [1.54, 1.807) is 36.4 Å². The minimum absolute atomic E-state index is 0.0240. The Bertz CT molecular complexity index is 1840. The zero-order valence-electron chi connectivity index (χ0n) is 24.1. The van der Waals surface area contributed by atoms with E-state index in [1.807, 2.05) is 13.0 Å². The molecule has 1 saturated carbocycles. The van der Waals surface area contributed by atoms with Crippen molar-refractivity contribution in [1.29, 1.82) is 0 Å². The minimum atomic E-state index is -3.07. The summed E-state index contributed by atoms with van der Waals surface area (Å²) in [4.78, 5) is 13.0. The number of hydrogen-bond acceptors (Lipinski definition) is 7. The molecule has 1 aromatic heterocycles. The number of thiol groups is 1. The molecule has 4 aromatic rings. The first-order chi connectivity index (χ1) is 21.1. The lowest BCUT2D eigenvalue weighted by atomic mass is 9.64. The number of halogens is 2. The Kier molecular flexibility index (Phi) is 7.25. The van der Waals surface area contributed by atoms with Gasteiger partial charge >= 0.3 is 6.75 Å². The van der Waals surface area contributed by atoms with E-state index in [0.29, 0.717) is 58.8 Å². The van der Waals surface area contributed by atoms with Gasteiger partial charge in [0.05, 0.1) is 17.8 Å². The summed E-state index contributed by atoms with van der Waals surface area (Å²) >= 11 is 6.71. The average Bonchev–Trinajstić information content (AvgIpc) is 3.80. The predicted molar refractivity (Wildman–Crippen MR) is 166 cm³/mol. The molecule has 9 nitrogen and oxygen atoms in total. The Morgan fingerprint density at radius 3 is 2.34 bits per heavy atom. The molecule has 4 aliphatic rings. The third-order valence-electron chi connectivity index (χ3n) is 8.66. The first kappa shape index (κ1) is 29.3. The van der Waals surface area contributed by atoms with E-state index >= 15 is 0 Å². The molecule has 1 N–H and O–H groups in total. The van der Waals surface area contributed by atoms with Gasteiger partial charge in [-0.1, -0.05) is 24.6 Å². The maximum absolute atomic E-state index is 13.7. The van der Waals surface area contributed by atoms with E-state index in [1.165, 1.54) is 23.5 Å². The van der Waals surface area contributed by atoms with Crippen LogP contribution in [0.15, 0.2) is 59.0 Å². The summed E-state index contributed by atoms with van der Waals surface area (Å²) in [6, 6.07) is 14.4. The van der Waals surface area contributed by atoms with Gasteiger partial charge < -0.3 is 23.7 Å². The molecule has 13 heteroatoms. The van der Waals surface area contributed by atoms with Crippen molar-refractivity contribution in [3.63, 3.8) is 0 Å². The van der Waals surface area contributed by atoms with Gasteiger partial charge in [0.25, 0.3) is 5.91 Å². The Hall–Kier alpha value is -3.42. The highest BCUT2D eigenvalue weighted by molar-refractivity contribution is 7.74. The summed E-state index contributed by atoms with van der Waals surface area (Å²) in [7, 11) is -1.53. The molecule has 1 aliphatic carbocycles. The summed E-state index contributed by atoms with van der Waals surface area (Å²) in [6.45, 7) is 1.28. The maximum atomic E-state index is 13.7. The van der Waals surface area contributed by atoms with Gasteiger partial charge in [0.2, 0.25) is 10.9 Å². The van der Waals surface area contributed by atoms with Gasteiger partial charge in [-0.05, 0) is 78.4 Å². The minimum Gasteiger partial charge on any atom is -0.540 e. The molecule has 0 spiro atoms. The Labute approximate surface area is 260 Å². The van der Waals surface area contributed by atoms with E-state index in [9.17, 15) is 17.6 Å². The lowest BCUT2D eigenvalue weighted by Crippen LogP contribution is -2.69. The Morgan fingerprint density at radius 2 is 1.75 bits per heavy atom. The fourth-order valence-corrected chi connectivity index (χ4v) is 7.00. The Morgan fingerprint density at radius 1 is 1.07 bits per heavy atom. The van der Waals surface area contributed by atoms with Crippen LogP contribution in [0.4, 0.5) is 10.1 Å². The molecule has 230 valence electrons. The van der Waals surface area contributed by atoms with Crippen molar-refractivity contribution in [3.05, 3.63) is 82.1 Å². The first-order valence-corrected chi connectivity index (χ1v) is 15.9. The van der Waals surface area contributed by atoms with Crippen LogP contribution in [0, 0.1) is 11.2 Å². The molecule has 44 heavy (non-hydrogen) atoms. The number of nitrogens with zero attached hydrogens (tertiary/aromatic N) is 1. The molecular formula is C31H30BClFN2O7S-. The lowest BCUT2D eigenvalue weighted by molar-refractivity contribution is -0.119. The molecular weight excluding hydrogens is 610 g/mol. The molecule has 2 bridgehead atoms. The first-order valence-electron chi connectivity index (χ1n) is 14.4. The van der Waals surface area contributed by atoms with Crippen molar-refractivity contribution in [2.45, 2.75) is 32.2 Å². The summed E-state index contributed by atoms with van der Waals surface area (Å²) in [5.41, 5.74) is 3.71. The molecule has 4 heterocycles. The Balaban J connectivity index is 1.27. The number of hydrogen-bond donors (Lipinski definition) is 2. The third kappa shape index (κ3) is 5.08. The fourth-order valence-electron chi connectivity index (χ4n) is 6.11. The smallest absolute Gasteiger partial charge is 0.411 e. The highest BCUT2D eigenvalue weighted by atomic mass is 35.5. The number of carbonyl (C=O) groups excluding carboxylic acids is 1. The number of furan rings is 1. The molecule has 3 saturated heterocycles. The largest absolute Gasteiger partial charge is 0.540 e. The second kappa shape index (κ2) is 10.9. The number of anilines is 1. The SMILES string of the molecule is CNC(=O)c1c(-c2ccc(F)cc2)oc2cc(CN(c3ccc([B-]45OCC(C)(CO4)CO5)c(Cl)c3)[SH](=O)=O)c(C3CC3)cc12. The van der Waals surface area contributed by atoms with Crippen LogP contribution in [0.2, 0.25) is 5.02 Å². The molecule has 4 fully saturated rings. The highest BCUT2D eigenvalue weighted by Gasteiger charge is 2.47. The number of rotatable bonds is 8. The lowest BCUT2D eigenvalue weighted by Gasteiger charge is -2.58. The summed E-state index contributed by atoms with van der Waals surface area (Å²) < 4.78 is 64.4. The van der Waals surface area contributed by atoms with Crippen molar-refractivity contribution >= 4 is 57.3 Å². The van der Waals surface area contributed by atoms with Gasteiger partial charge in [0.15, 0.2) is 0 Å². The maximum Gasteiger partial charge on any atom is 0.411 e. The molecule has 1 amide bonds. The van der Waals surface area contributed by atoms with Gasteiger partial charge in [0, 0.05) is 48.3 Å². The molecule has 0 atom stereocenters.